The Morgan fingerprint density at radius 1 is 0.586 bits per heavy atom. The second-order valence-electron chi connectivity index (χ2n) is 4.49. The molecule has 0 aromatic carbocycles. The molecule has 0 fully saturated rings. The van der Waals surface area contributed by atoms with Crippen LogP contribution in [0.1, 0.15) is 0 Å². The van der Waals surface area contributed by atoms with Crippen molar-refractivity contribution in [2.45, 2.75) is 39.3 Å². The zero-order chi connectivity index (χ0) is 24.3. The van der Waals surface area contributed by atoms with Gasteiger partial charge in [0.05, 0.1) is 0 Å². The first-order valence-corrected chi connectivity index (χ1v) is 9.82. The molecule has 0 heterocycles. The summed E-state index contributed by atoms with van der Waals surface area (Å²) in [4.78, 5) is 0. The molecule has 0 aromatic heterocycles. The Morgan fingerprint density at radius 2 is 0.897 bits per heavy atom. The van der Waals surface area contributed by atoms with Crippen molar-refractivity contribution in [3.8, 4) is 0 Å². The summed E-state index contributed by atoms with van der Waals surface area (Å²) in [6.07, 6.45) is -7.72. The predicted octanol–water partition coefficient (Wildman–Crippen LogP) is 4.88. The van der Waals surface area contributed by atoms with Crippen LogP contribution in [0.4, 0.5) is 70.2 Å². The molecule has 4 nitrogen and oxygen atoms in total. The molecule has 0 spiro atoms. The molecule has 0 rings (SSSR count). The van der Waals surface area contributed by atoms with Gasteiger partial charge in [-0.15, -0.1) is 0 Å². The van der Waals surface area contributed by atoms with Gasteiger partial charge in [-0.3, -0.25) is 0 Å². The van der Waals surface area contributed by atoms with Crippen molar-refractivity contribution in [1.82, 2.24) is 0 Å². The van der Waals surface area contributed by atoms with Crippen LogP contribution < -0.4 is 0 Å². The molecular weight excluding hydrogens is 611 g/mol. The van der Waals surface area contributed by atoms with Crippen molar-refractivity contribution >= 4 is 30.8 Å². The molecule has 0 aliphatic heterocycles. The molecule has 0 atom stereocenters. The van der Waals surface area contributed by atoms with Gasteiger partial charge in [-0.1, -0.05) is 0 Å². The summed E-state index contributed by atoms with van der Waals surface area (Å²) >= 11 is -7.47. The number of halogens is 17. The molecule has 0 amide bonds. The standard InChI is InChI=1S/C7HF16IO4S/c8-1(9,3(12,13)5(16,17)18)2(10,11)4(14,15)6(19,20)24(25)28-29(26,27)7(21,22)23/h25H. The molecule has 0 aliphatic rings. The van der Waals surface area contributed by atoms with Crippen LogP contribution in [-0.4, -0.2) is 51.2 Å². The minimum atomic E-state index is -8.41. The van der Waals surface area contributed by atoms with Crippen LogP contribution in [0.25, 0.3) is 0 Å². The van der Waals surface area contributed by atoms with E-state index in [1.54, 1.807) is 0 Å². The van der Waals surface area contributed by atoms with Crippen LogP contribution in [0.3, 0.4) is 0 Å². The third-order valence-corrected chi connectivity index (χ3v) is 7.65. The fourth-order valence-corrected chi connectivity index (χ4v) is 4.87. The first kappa shape index (κ1) is 28.5. The molecular formula is C7HF16IO4S. The van der Waals surface area contributed by atoms with Crippen molar-refractivity contribution < 1.29 is 84.6 Å². The van der Waals surface area contributed by atoms with Gasteiger partial charge >= 0.3 is 155 Å². The maximum absolute atomic E-state index is 13.2. The zero-order valence-corrected chi connectivity index (χ0v) is 15.0. The van der Waals surface area contributed by atoms with E-state index in [2.05, 4.69) is 2.51 Å². The van der Waals surface area contributed by atoms with Gasteiger partial charge in [0, 0.05) is 0 Å². The van der Waals surface area contributed by atoms with Crippen molar-refractivity contribution in [2.75, 3.05) is 0 Å². The van der Waals surface area contributed by atoms with Crippen LogP contribution in [0.15, 0.2) is 0 Å². The van der Waals surface area contributed by atoms with E-state index in [0.717, 1.165) is 0 Å². The third kappa shape index (κ3) is 4.29. The van der Waals surface area contributed by atoms with E-state index >= 15 is 0 Å². The van der Waals surface area contributed by atoms with Gasteiger partial charge in [0.15, 0.2) is 0 Å². The van der Waals surface area contributed by atoms with Crippen LogP contribution in [0, 0.1) is 0 Å². The van der Waals surface area contributed by atoms with E-state index in [1.165, 1.54) is 0 Å². The molecule has 0 saturated carbocycles. The number of hydrogen-bond donors (Lipinski definition) is 1. The molecule has 0 aliphatic carbocycles. The molecule has 178 valence electrons. The molecule has 0 unspecified atom stereocenters. The normalized spacial score (nSPS) is 16.8. The summed E-state index contributed by atoms with van der Waals surface area (Å²) in [5.41, 5.74) is -6.74. The minimum absolute atomic E-state index is 2.16. The summed E-state index contributed by atoms with van der Waals surface area (Å²) in [6.45, 7) is 0. The molecule has 0 radical (unpaired) electrons. The molecule has 1 N–H and O–H groups in total. The van der Waals surface area contributed by atoms with Crippen LogP contribution in [0.5, 0.6) is 0 Å². The number of alkyl halides is 17. The van der Waals surface area contributed by atoms with Gasteiger partial charge in [-0.05, 0) is 0 Å². The monoisotopic (exact) mass is 612 g/mol. The Hall–Kier alpha value is -0.520. The van der Waals surface area contributed by atoms with E-state index in [-0.39, 0.29) is 0 Å². The van der Waals surface area contributed by atoms with Gasteiger partial charge in [0.1, 0.15) is 0 Å². The zero-order valence-electron chi connectivity index (χ0n) is 12.0. The van der Waals surface area contributed by atoms with E-state index in [1.807, 2.05) is 0 Å². The fraction of sp³-hybridized carbons (Fsp3) is 1.00. The quantitative estimate of drug-likeness (QED) is 0.193. The topological polar surface area (TPSA) is 63.6 Å². The summed E-state index contributed by atoms with van der Waals surface area (Å²) in [7, 11) is -7.43. The Bertz CT molecular complexity index is 708. The van der Waals surface area contributed by atoms with Gasteiger partial charge in [-0.2, -0.15) is 0 Å². The second-order valence-corrected chi connectivity index (χ2v) is 9.73. The van der Waals surface area contributed by atoms with Crippen molar-refractivity contribution in [3.05, 3.63) is 0 Å². The SMILES string of the molecule is O=S(=O)(OI(O)C(F)(F)C(F)(F)C(F)(F)C(F)(F)C(F)(F)C(F)(F)F)C(F)(F)F. The summed E-state index contributed by atoms with van der Waals surface area (Å²) in [5, 5.41) is 0. The molecule has 22 heteroatoms. The van der Waals surface area contributed by atoms with Gasteiger partial charge in [0.25, 0.3) is 0 Å². The van der Waals surface area contributed by atoms with Crippen LogP contribution >= 0.6 is 20.6 Å². The second kappa shape index (κ2) is 7.27. The van der Waals surface area contributed by atoms with E-state index < -0.39 is 70.1 Å². The third-order valence-electron chi connectivity index (χ3n) is 2.52. The Balaban J connectivity index is 6.38. The Morgan fingerprint density at radius 3 is 1.17 bits per heavy atom. The predicted molar refractivity (Wildman–Crippen MR) is 63.1 cm³/mol. The van der Waals surface area contributed by atoms with E-state index in [0.29, 0.717) is 0 Å². The van der Waals surface area contributed by atoms with Gasteiger partial charge < -0.3 is 0 Å². The summed E-state index contributed by atoms with van der Waals surface area (Å²) in [6, 6.07) is 0. The summed E-state index contributed by atoms with van der Waals surface area (Å²) < 4.78 is 224. The molecule has 0 bridgehead atoms. The van der Waals surface area contributed by atoms with Crippen LogP contribution in [0.2, 0.25) is 0 Å². The molecule has 0 saturated heterocycles. The first-order chi connectivity index (χ1) is 12.1. The Labute approximate surface area is 155 Å². The van der Waals surface area contributed by atoms with Crippen molar-refractivity contribution in [3.63, 3.8) is 0 Å². The van der Waals surface area contributed by atoms with E-state index in [4.69, 9.17) is 3.44 Å². The molecule has 29 heavy (non-hydrogen) atoms. The van der Waals surface area contributed by atoms with Gasteiger partial charge in [0.2, 0.25) is 0 Å². The van der Waals surface area contributed by atoms with Crippen LogP contribution in [-0.2, 0) is 12.6 Å². The summed E-state index contributed by atoms with van der Waals surface area (Å²) in [5.74, 6) is -33.0. The Kier molecular flexibility index (Phi) is 7.14. The van der Waals surface area contributed by atoms with Crippen molar-refractivity contribution in [2.24, 2.45) is 0 Å². The number of rotatable bonds is 7. The molecule has 0 aromatic rings. The van der Waals surface area contributed by atoms with Crippen molar-refractivity contribution in [1.29, 1.82) is 0 Å². The maximum atomic E-state index is 13.2. The number of hydrogen-bond acceptors (Lipinski definition) is 4. The van der Waals surface area contributed by atoms with Gasteiger partial charge in [-0.25, -0.2) is 0 Å². The van der Waals surface area contributed by atoms with E-state index in [9.17, 15) is 78.7 Å². The fourth-order valence-electron chi connectivity index (χ4n) is 1.01. The average Bonchev–Trinajstić information content (AvgIpc) is 2.43. The average molecular weight is 612 g/mol. The first-order valence-electron chi connectivity index (χ1n) is 5.49.